The zero-order valence-corrected chi connectivity index (χ0v) is 12.0. The molecule has 1 aliphatic carbocycles. The molecule has 1 saturated carbocycles. The first-order chi connectivity index (χ1) is 8.55. The molecule has 0 radical (unpaired) electrons. The second kappa shape index (κ2) is 5.88. The highest BCUT2D eigenvalue weighted by Gasteiger charge is 2.37. The Hall–Kier alpha value is -0.130. The summed E-state index contributed by atoms with van der Waals surface area (Å²) < 4.78 is 23.1. The van der Waals surface area contributed by atoms with E-state index in [1.165, 1.54) is 38.5 Å². The predicted octanol–water partition coefficient (Wildman–Crippen LogP) is 1.20. The van der Waals surface area contributed by atoms with Crippen molar-refractivity contribution in [2.45, 2.75) is 62.9 Å². The first-order valence-corrected chi connectivity index (χ1v) is 9.06. The third-order valence-electron chi connectivity index (χ3n) is 4.54. The Morgan fingerprint density at radius 2 is 1.61 bits per heavy atom. The summed E-state index contributed by atoms with van der Waals surface area (Å²) in [4.78, 5) is 0. The Balaban J connectivity index is 1.95. The molecule has 0 bridgehead atoms. The van der Waals surface area contributed by atoms with Gasteiger partial charge in [0.1, 0.15) is 9.84 Å². The highest BCUT2D eigenvalue weighted by molar-refractivity contribution is 7.91. The maximum Gasteiger partial charge on any atom is 0.150 e. The first-order valence-electron chi connectivity index (χ1n) is 7.23. The van der Waals surface area contributed by atoms with E-state index in [-0.39, 0.29) is 5.54 Å². The lowest BCUT2D eigenvalue weighted by Crippen LogP contribution is -2.58. The highest BCUT2D eigenvalue weighted by Crippen LogP contribution is 2.26. The summed E-state index contributed by atoms with van der Waals surface area (Å²) in [5.41, 5.74) is 5.80. The van der Waals surface area contributed by atoms with Gasteiger partial charge in [-0.25, -0.2) is 8.42 Å². The zero-order chi connectivity index (χ0) is 13.1. The Morgan fingerprint density at radius 1 is 1.06 bits per heavy atom. The summed E-state index contributed by atoms with van der Waals surface area (Å²) in [6.07, 6.45) is 9.05. The van der Waals surface area contributed by atoms with E-state index in [4.69, 9.17) is 5.73 Å². The van der Waals surface area contributed by atoms with Crippen LogP contribution in [0.3, 0.4) is 0 Å². The van der Waals surface area contributed by atoms with Crippen LogP contribution in [0.4, 0.5) is 0 Å². The van der Waals surface area contributed by atoms with Crippen LogP contribution in [-0.4, -0.2) is 38.0 Å². The molecule has 0 unspecified atom stereocenters. The molecule has 0 amide bonds. The van der Waals surface area contributed by atoms with Gasteiger partial charge in [0.2, 0.25) is 0 Å². The molecule has 1 aliphatic heterocycles. The smallest absolute Gasteiger partial charge is 0.150 e. The third-order valence-corrected chi connectivity index (χ3v) is 6.19. The Labute approximate surface area is 111 Å². The molecule has 4 nitrogen and oxygen atoms in total. The van der Waals surface area contributed by atoms with E-state index in [9.17, 15) is 8.42 Å². The summed E-state index contributed by atoms with van der Waals surface area (Å²) in [5, 5.41) is 3.71. The van der Waals surface area contributed by atoms with Crippen molar-refractivity contribution in [3.05, 3.63) is 0 Å². The second-order valence-corrected chi connectivity index (χ2v) is 8.27. The average Bonchev–Trinajstić information content (AvgIpc) is 2.61. The minimum Gasteiger partial charge on any atom is -0.329 e. The number of nitrogens with one attached hydrogen (secondary N) is 1. The predicted molar refractivity (Wildman–Crippen MR) is 74.3 cm³/mol. The van der Waals surface area contributed by atoms with E-state index < -0.39 is 9.84 Å². The van der Waals surface area contributed by atoms with Crippen LogP contribution in [0.2, 0.25) is 0 Å². The lowest BCUT2D eigenvalue weighted by molar-refractivity contribution is 0.253. The van der Waals surface area contributed by atoms with Gasteiger partial charge in [-0.1, -0.05) is 25.7 Å². The van der Waals surface area contributed by atoms with Crippen LogP contribution in [0.1, 0.15) is 51.4 Å². The first kappa shape index (κ1) is 14.3. The van der Waals surface area contributed by atoms with Crippen LogP contribution in [0.5, 0.6) is 0 Å². The molecule has 2 aliphatic rings. The van der Waals surface area contributed by atoms with Gasteiger partial charge in [0.15, 0.2) is 0 Å². The molecule has 0 spiro atoms. The standard InChI is InChI=1S/C13H26N2O2S/c14-11-13(7-9-18(16,17)10-8-13)15-12-5-3-1-2-4-6-12/h12,15H,1-11,14H2. The van der Waals surface area contributed by atoms with Crippen LogP contribution in [0, 0.1) is 0 Å². The number of nitrogens with two attached hydrogens (primary N) is 1. The molecular formula is C13H26N2O2S. The number of hydrogen-bond donors (Lipinski definition) is 2. The van der Waals surface area contributed by atoms with Crippen molar-refractivity contribution in [3.63, 3.8) is 0 Å². The van der Waals surface area contributed by atoms with E-state index in [1.54, 1.807) is 0 Å². The molecule has 3 N–H and O–H groups in total. The van der Waals surface area contributed by atoms with Gasteiger partial charge in [-0.3, -0.25) is 0 Å². The molecule has 0 aromatic carbocycles. The van der Waals surface area contributed by atoms with E-state index in [0.29, 0.717) is 36.9 Å². The summed E-state index contributed by atoms with van der Waals surface area (Å²) in [5.74, 6) is 0.591. The molecule has 0 aromatic heterocycles. The van der Waals surface area contributed by atoms with Crippen LogP contribution in [-0.2, 0) is 9.84 Å². The number of sulfone groups is 1. The monoisotopic (exact) mass is 274 g/mol. The minimum atomic E-state index is -2.81. The van der Waals surface area contributed by atoms with Crippen molar-refractivity contribution in [1.82, 2.24) is 5.32 Å². The zero-order valence-electron chi connectivity index (χ0n) is 11.2. The fraction of sp³-hybridized carbons (Fsp3) is 1.00. The van der Waals surface area contributed by atoms with Crippen LogP contribution < -0.4 is 11.1 Å². The van der Waals surface area contributed by atoms with Gasteiger partial charge in [-0.05, 0) is 25.7 Å². The summed E-state index contributed by atoms with van der Waals surface area (Å²) >= 11 is 0. The molecule has 2 rings (SSSR count). The maximum atomic E-state index is 11.5. The molecule has 18 heavy (non-hydrogen) atoms. The van der Waals surface area contributed by atoms with Crippen LogP contribution in [0.15, 0.2) is 0 Å². The second-order valence-electron chi connectivity index (χ2n) is 5.97. The molecular weight excluding hydrogens is 248 g/mol. The van der Waals surface area contributed by atoms with E-state index in [2.05, 4.69) is 5.32 Å². The van der Waals surface area contributed by atoms with Crippen molar-refractivity contribution >= 4 is 9.84 Å². The lowest BCUT2D eigenvalue weighted by Gasteiger charge is -2.40. The Morgan fingerprint density at radius 3 is 2.11 bits per heavy atom. The molecule has 1 heterocycles. The van der Waals surface area contributed by atoms with Crippen LogP contribution in [0.25, 0.3) is 0 Å². The van der Waals surface area contributed by atoms with Gasteiger partial charge >= 0.3 is 0 Å². The average molecular weight is 274 g/mol. The van der Waals surface area contributed by atoms with Gasteiger partial charge in [-0.2, -0.15) is 0 Å². The third kappa shape index (κ3) is 3.68. The van der Waals surface area contributed by atoms with Gasteiger partial charge in [0, 0.05) is 18.1 Å². The van der Waals surface area contributed by atoms with Crippen molar-refractivity contribution in [2.75, 3.05) is 18.1 Å². The Kier molecular flexibility index (Phi) is 4.67. The van der Waals surface area contributed by atoms with Crippen molar-refractivity contribution in [2.24, 2.45) is 5.73 Å². The lowest BCUT2D eigenvalue weighted by atomic mass is 9.90. The van der Waals surface area contributed by atoms with Crippen molar-refractivity contribution < 1.29 is 8.42 Å². The largest absolute Gasteiger partial charge is 0.329 e. The van der Waals surface area contributed by atoms with Gasteiger partial charge in [-0.15, -0.1) is 0 Å². The van der Waals surface area contributed by atoms with E-state index >= 15 is 0 Å². The topological polar surface area (TPSA) is 72.2 Å². The summed E-state index contributed by atoms with van der Waals surface area (Å²) in [7, 11) is -2.81. The molecule has 2 fully saturated rings. The van der Waals surface area contributed by atoms with E-state index in [1.807, 2.05) is 0 Å². The molecule has 1 saturated heterocycles. The van der Waals surface area contributed by atoms with Crippen molar-refractivity contribution in [1.29, 1.82) is 0 Å². The van der Waals surface area contributed by atoms with Gasteiger partial charge in [0.25, 0.3) is 0 Å². The normalized spacial score (nSPS) is 28.7. The minimum absolute atomic E-state index is 0.125. The molecule has 5 heteroatoms. The Bertz CT molecular complexity index is 345. The van der Waals surface area contributed by atoms with Crippen LogP contribution >= 0.6 is 0 Å². The fourth-order valence-corrected chi connectivity index (χ4v) is 4.80. The number of rotatable bonds is 3. The van der Waals surface area contributed by atoms with Gasteiger partial charge in [0.05, 0.1) is 11.5 Å². The highest BCUT2D eigenvalue weighted by atomic mass is 32.2. The van der Waals surface area contributed by atoms with E-state index in [0.717, 1.165) is 0 Å². The number of hydrogen-bond acceptors (Lipinski definition) is 4. The quantitative estimate of drug-likeness (QED) is 0.759. The molecule has 0 atom stereocenters. The fourth-order valence-electron chi connectivity index (χ4n) is 3.19. The SMILES string of the molecule is NCC1(NC2CCCCCC2)CCS(=O)(=O)CC1. The summed E-state index contributed by atoms with van der Waals surface area (Å²) in [6, 6.07) is 0.539. The molecule has 0 aromatic rings. The van der Waals surface area contributed by atoms with Crippen molar-refractivity contribution in [3.8, 4) is 0 Å². The maximum absolute atomic E-state index is 11.5. The molecule has 106 valence electrons. The summed E-state index contributed by atoms with van der Waals surface area (Å²) in [6.45, 7) is 0.555. The van der Waals surface area contributed by atoms with Gasteiger partial charge < -0.3 is 11.1 Å².